The van der Waals surface area contributed by atoms with Gasteiger partial charge in [0.2, 0.25) is 5.91 Å². The first-order valence-corrected chi connectivity index (χ1v) is 6.83. The van der Waals surface area contributed by atoms with Crippen molar-refractivity contribution in [1.29, 1.82) is 0 Å². The van der Waals surface area contributed by atoms with Crippen molar-refractivity contribution in [3.63, 3.8) is 0 Å². The van der Waals surface area contributed by atoms with E-state index in [9.17, 15) is 9.18 Å². The van der Waals surface area contributed by atoms with Crippen LogP contribution in [0.4, 0.5) is 10.1 Å². The van der Waals surface area contributed by atoms with E-state index in [2.05, 4.69) is 26.6 Å². The normalized spacial score (nSPS) is 22.5. The Kier molecular flexibility index (Phi) is 4.54. The number of amides is 1. The fourth-order valence-electron chi connectivity index (χ4n) is 2.10. The van der Waals surface area contributed by atoms with Crippen LogP contribution in [0.25, 0.3) is 0 Å². The number of hydrogen-bond acceptors (Lipinski definition) is 3. The molecule has 1 aromatic carbocycles. The summed E-state index contributed by atoms with van der Waals surface area (Å²) in [6, 6.07) is 2.98. The number of halogens is 2. The molecule has 0 radical (unpaired) electrons. The highest BCUT2D eigenvalue weighted by molar-refractivity contribution is 9.10. The molecule has 0 spiro atoms. The molecule has 2 atom stereocenters. The van der Waals surface area contributed by atoms with Crippen LogP contribution in [-0.2, 0) is 9.53 Å². The van der Waals surface area contributed by atoms with E-state index in [-0.39, 0.29) is 23.7 Å². The van der Waals surface area contributed by atoms with E-state index in [4.69, 9.17) is 4.74 Å². The summed E-state index contributed by atoms with van der Waals surface area (Å²) in [6.45, 7) is 2.69. The number of aryl methyl sites for hydroxylation is 1. The van der Waals surface area contributed by atoms with Gasteiger partial charge in [0.25, 0.3) is 0 Å². The lowest BCUT2D eigenvalue weighted by Gasteiger charge is -2.17. The highest BCUT2D eigenvalue weighted by Crippen LogP contribution is 2.25. The summed E-state index contributed by atoms with van der Waals surface area (Å²) in [5, 5.41) is 5.89. The van der Waals surface area contributed by atoms with Crippen LogP contribution in [-0.4, -0.2) is 32.2 Å². The van der Waals surface area contributed by atoms with E-state index in [0.717, 1.165) is 0 Å². The largest absolute Gasteiger partial charge is 0.379 e. The molecule has 0 aromatic heterocycles. The Hall–Kier alpha value is -0.980. The number of rotatable bonds is 3. The van der Waals surface area contributed by atoms with Crippen molar-refractivity contribution in [1.82, 2.24) is 5.32 Å². The number of carbonyl (C=O) groups excluding carboxylic acids is 1. The predicted octanol–water partition coefficient (Wildman–Crippen LogP) is 2.07. The maximum absolute atomic E-state index is 13.3. The molecule has 6 heteroatoms. The Morgan fingerprint density at radius 1 is 1.47 bits per heavy atom. The number of nitrogens with one attached hydrogen (secondary N) is 2. The average molecular weight is 331 g/mol. The Morgan fingerprint density at radius 3 is 2.89 bits per heavy atom. The molecule has 1 aliphatic rings. The van der Waals surface area contributed by atoms with E-state index in [1.165, 1.54) is 6.07 Å². The van der Waals surface area contributed by atoms with Crippen molar-refractivity contribution in [2.75, 3.05) is 25.6 Å². The standard InChI is InChI=1S/C13H16BrFN2O2/c1-7-3-10(15)9(14)4-11(7)17-13(18)8-5-19-6-12(8)16-2/h3-4,8,12,16H,5-6H2,1-2H3,(H,17,18). The van der Waals surface area contributed by atoms with E-state index in [1.54, 1.807) is 20.0 Å². The summed E-state index contributed by atoms with van der Waals surface area (Å²) in [7, 11) is 1.80. The SMILES string of the molecule is CNC1COCC1C(=O)Nc1cc(Br)c(F)cc1C. The smallest absolute Gasteiger partial charge is 0.231 e. The zero-order valence-electron chi connectivity index (χ0n) is 10.8. The molecule has 1 aromatic rings. The minimum Gasteiger partial charge on any atom is -0.379 e. The van der Waals surface area contributed by atoms with Crippen LogP contribution in [0.3, 0.4) is 0 Å². The van der Waals surface area contributed by atoms with Gasteiger partial charge in [0, 0.05) is 11.7 Å². The molecular formula is C13H16BrFN2O2. The minimum absolute atomic E-state index is 0.0178. The first-order chi connectivity index (χ1) is 9.02. The fourth-order valence-corrected chi connectivity index (χ4v) is 2.45. The molecular weight excluding hydrogens is 315 g/mol. The van der Waals surface area contributed by atoms with Crippen molar-refractivity contribution in [2.45, 2.75) is 13.0 Å². The van der Waals surface area contributed by atoms with E-state index in [0.29, 0.717) is 28.9 Å². The first-order valence-electron chi connectivity index (χ1n) is 6.04. The summed E-state index contributed by atoms with van der Waals surface area (Å²) in [6.07, 6.45) is 0. The van der Waals surface area contributed by atoms with Gasteiger partial charge in [0.05, 0.1) is 23.6 Å². The van der Waals surface area contributed by atoms with Crippen LogP contribution in [0.1, 0.15) is 5.56 Å². The zero-order valence-corrected chi connectivity index (χ0v) is 12.4. The van der Waals surface area contributed by atoms with Crippen molar-refractivity contribution in [3.8, 4) is 0 Å². The number of benzene rings is 1. The summed E-state index contributed by atoms with van der Waals surface area (Å²) in [5.74, 6) is -0.681. The molecule has 1 saturated heterocycles. The zero-order chi connectivity index (χ0) is 14.0. The molecule has 1 aliphatic heterocycles. The molecule has 0 bridgehead atoms. The first kappa shape index (κ1) is 14.4. The molecule has 1 heterocycles. The number of anilines is 1. The molecule has 1 amide bonds. The van der Waals surface area contributed by atoms with Gasteiger partial charge in [0.1, 0.15) is 5.82 Å². The number of ether oxygens (including phenoxy) is 1. The molecule has 1 fully saturated rings. The van der Waals surface area contributed by atoms with Gasteiger partial charge in [-0.05, 0) is 47.6 Å². The maximum Gasteiger partial charge on any atom is 0.231 e. The number of hydrogen-bond donors (Lipinski definition) is 2. The monoisotopic (exact) mass is 330 g/mol. The van der Waals surface area contributed by atoms with Crippen molar-refractivity contribution in [3.05, 3.63) is 28.0 Å². The third-order valence-corrected chi connectivity index (χ3v) is 3.92. The summed E-state index contributed by atoms with van der Waals surface area (Å²) < 4.78 is 19.0. The second kappa shape index (κ2) is 5.98. The lowest BCUT2D eigenvalue weighted by Crippen LogP contribution is -2.39. The summed E-state index contributed by atoms with van der Waals surface area (Å²) >= 11 is 3.12. The highest BCUT2D eigenvalue weighted by atomic mass is 79.9. The summed E-state index contributed by atoms with van der Waals surface area (Å²) in [5.41, 5.74) is 1.30. The van der Waals surface area contributed by atoms with Gasteiger partial charge in [0.15, 0.2) is 0 Å². The van der Waals surface area contributed by atoms with Crippen molar-refractivity contribution >= 4 is 27.5 Å². The molecule has 0 saturated carbocycles. The van der Waals surface area contributed by atoms with Gasteiger partial charge < -0.3 is 15.4 Å². The van der Waals surface area contributed by atoms with Crippen LogP contribution < -0.4 is 10.6 Å². The fraction of sp³-hybridized carbons (Fsp3) is 0.462. The van der Waals surface area contributed by atoms with Crippen LogP contribution >= 0.6 is 15.9 Å². The molecule has 0 aliphatic carbocycles. The molecule has 19 heavy (non-hydrogen) atoms. The molecule has 104 valence electrons. The minimum atomic E-state index is -0.340. The van der Waals surface area contributed by atoms with Gasteiger partial charge in [-0.2, -0.15) is 0 Å². The van der Waals surface area contributed by atoms with Gasteiger partial charge >= 0.3 is 0 Å². The second-order valence-corrected chi connectivity index (χ2v) is 5.46. The Bertz CT molecular complexity index is 496. The topological polar surface area (TPSA) is 50.4 Å². The van der Waals surface area contributed by atoms with Crippen LogP contribution in [0.5, 0.6) is 0 Å². The predicted molar refractivity (Wildman–Crippen MR) is 74.6 cm³/mol. The van der Waals surface area contributed by atoms with Gasteiger partial charge in [-0.15, -0.1) is 0 Å². The Balaban J connectivity index is 2.13. The van der Waals surface area contributed by atoms with E-state index in [1.807, 2.05) is 0 Å². The van der Waals surface area contributed by atoms with Crippen LogP contribution in [0, 0.1) is 18.7 Å². The van der Waals surface area contributed by atoms with Crippen LogP contribution in [0.15, 0.2) is 16.6 Å². The van der Waals surface area contributed by atoms with E-state index < -0.39 is 0 Å². The summed E-state index contributed by atoms with van der Waals surface area (Å²) in [4.78, 5) is 12.2. The molecule has 4 nitrogen and oxygen atoms in total. The third-order valence-electron chi connectivity index (χ3n) is 3.31. The molecule has 2 unspecified atom stereocenters. The third kappa shape index (κ3) is 3.13. The van der Waals surface area contributed by atoms with Gasteiger partial charge in [-0.1, -0.05) is 0 Å². The van der Waals surface area contributed by atoms with Crippen molar-refractivity contribution < 1.29 is 13.9 Å². The van der Waals surface area contributed by atoms with Gasteiger partial charge in [-0.25, -0.2) is 4.39 Å². The lowest BCUT2D eigenvalue weighted by molar-refractivity contribution is -0.120. The maximum atomic E-state index is 13.3. The highest BCUT2D eigenvalue weighted by Gasteiger charge is 2.33. The Labute approximate surface area is 119 Å². The van der Waals surface area contributed by atoms with Gasteiger partial charge in [-0.3, -0.25) is 4.79 Å². The van der Waals surface area contributed by atoms with Crippen molar-refractivity contribution in [2.24, 2.45) is 5.92 Å². The number of likely N-dealkylation sites (N-methyl/N-ethyl adjacent to an activating group) is 1. The quantitative estimate of drug-likeness (QED) is 0.892. The molecule has 2 N–H and O–H groups in total. The molecule has 2 rings (SSSR count). The second-order valence-electron chi connectivity index (χ2n) is 4.61. The van der Waals surface area contributed by atoms with E-state index >= 15 is 0 Å². The average Bonchev–Trinajstić information content (AvgIpc) is 2.84. The van der Waals surface area contributed by atoms with Crippen LogP contribution in [0.2, 0.25) is 0 Å². The Morgan fingerprint density at radius 2 is 2.21 bits per heavy atom. The number of carbonyl (C=O) groups is 1. The lowest BCUT2D eigenvalue weighted by atomic mass is 10.0.